The fourth-order valence-corrected chi connectivity index (χ4v) is 2.76. The second-order valence-corrected chi connectivity index (χ2v) is 6.49. The number of hydrogen-bond acceptors (Lipinski definition) is 4. The van der Waals surface area contributed by atoms with E-state index in [1.807, 2.05) is 0 Å². The molecular formula is C12H18N2O4S. The number of rotatable bonds is 5. The normalized spacial score (nSPS) is 12.2. The largest absolute Gasteiger partial charge is 0.507 e. The Hall–Kier alpha value is -1.60. The highest BCUT2D eigenvalue weighted by molar-refractivity contribution is 7.89. The minimum Gasteiger partial charge on any atom is -0.507 e. The topological polar surface area (TPSA) is 95.5 Å². The van der Waals surface area contributed by atoms with Crippen molar-refractivity contribution in [3.8, 4) is 5.75 Å². The zero-order valence-electron chi connectivity index (χ0n) is 11.1. The fraction of sp³-hybridized carbons (Fsp3) is 0.417. The molecular weight excluding hydrogens is 268 g/mol. The monoisotopic (exact) mass is 286 g/mol. The van der Waals surface area contributed by atoms with Crippen LogP contribution in [-0.2, 0) is 14.8 Å². The summed E-state index contributed by atoms with van der Waals surface area (Å²) in [7, 11) is -2.36. The summed E-state index contributed by atoms with van der Waals surface area (Å²) in [5.74, 6) is -0.597. The molecule has 1 aromatic carbocycles. The number of phenols is 1. The van der Waals surface area contributed by atoms with Crippen molar-refractivity contribution in [2.45, 2.75) is 18.7 Å². The van der Waals surface area contributed by atoms with Gasteiger partial charge in [-0.3, -0.25) is 4.79 Å². The maximum Gasteiger partial charge on any atom is 0.244 e. The van der Waals surface area contributed by atoms with Gasteiger partial charge in [-0.2, -0.15) is 0 Å². The lowest BCUT2D eigenvalue weighted by atomic mass is 9.93. The van der Waals surface area contributed by atoms with Crippen LogP contribution in [0, 0.1) is 5.41 Å². The first-order chi connectivity index (χ1) is 8.70. The molecule has 0 aliphatic carbocycles. The first-order valence-electron chi connectivity index (χ1n) is 5.70. The molecule has 0 aliphatic rings. The second kappa shape index (κ2) is 5.58. The third kappa shape index (κ3) is 3.68. The Morgan fingerprint density at radius 3 is 2.42 bits per heavy atom. The summed E-state index contributed by atoms with van der Waals surface area (Å²) in [5, 5.41) is 12.0. The SMILES string of the molecule is CNC(=O)C(C)(C)CNS(=O)(=O)c1ccccc1O. The molecule has 0 heterocycles. The molecule has 7 heteroatoms. The van der Waals surface area contributed by atoms with E-state index < -0.39 is 15.4 Å². The zero-order chi connectivity index (χ0) is 14.7. The van der Waals surface area contributed by atoms with Gasteiger partial charge in [0.15, 0.2) is 0 Å². The number of benzene rings is 1. The lowest BCUT2D eigenvalue weighted by molar-refractivity contribution is -0.128. The lowest BCUT2D eigenvalue weighted by Crippen LogP contribution is -2.43. The van der Waals surface area contributed by atoms with Gasteiger partial charge in [0, 0.05) is 13.6 Å². The van der Waals surface area contributed by atoms with Crippen molar-refractivity contribution < 1.29 is 18.3 Å². The molecule has 19 heavy (non-hydrogen) atoms. The fourth-order valence-electron chi connectivity index (χ4n) is 1.46. The smallest absolute Gasteiger partial charge is 0.244 e. The Morgan fingerprint density at radius 2 is 1.89 bits per heavy atom. The number of carbonyl (C=O) groups is 1. The van der Waals surface area contributed by atoms with Crippen LogP contribution in [0.2, 0.25) is 0 Å². The molecule has 1 aromatic rings. The van der Waals surface area contributed by atoms with Crippen molar-refractivity contribution in [2.75, 3.05) is 13.6 Å². The summed E-state index contributed by atoms with van der Waals surface area (Å²) in [6.45, 7) is 3.18. The number of phenolic OH excluding ortho intramolecular Hbond substituents is 1. The average Bonchev–Trinajstić information content (AvgIpc) is 2.36. The number of carbonyl (C=O) groups excluding carboxylic acids is 1. The Balaban J connectivity index is 2.89. The molecule has 6 nitrogen and oxygen atoms in total. The summed E-state index contributed by atoms with van der Waals surface area (Å²) in [4.78, 5) is 11.4. The lowest BCUT2D eigenvalue weighted by Gasteiger charge is -2.22. The number of para-hydroxylation sites is 1. The van der Waals surface area contributed by atoms with Gasteiger partial charge in [0.05, 0.1) is 5.41 Å². The molecule has 0 fully saturated rings. The van der Waals surface area contributed by atoms with Crippen LogP contribution in [0.1, 0.15) is 13.8 Å². The van der Waals surface area contributed by atoms with Crippen LogP contribution in [0.15, 0.2) is 29.2 Å². The average molecular weight is 286 g/mol. The molecule has 106 valence electrons. The molecule has 0 atom stereocenters. The third-order valence-electron chi connectivity index (χ3n) is 2.70. The van der Waals surface area contributed by atoms with Crippen molar-refractivity contribution in [3.05, 3.63) is 24.3 Å². The summed E-state index contributed by atoms with van der Waals surface area (Å²) >= 11 is 0. The Kier molecular flexibility index (Phi) is 4.54. The van der Waals surface area contributed by atoms with E-state index in [2.05, 4.69) is 10.0 Å². The minimum atomic E-state index is -3.85. The molecule has 3 N–H and O–H groups in total. The number of hydrogen-bond donors (Lipinski definition) is 3. The van der Waals surface area contributed by atoms with Crippen LogP contribution in [0.5, 0.6) is 5.75 Å². The van der Waals surface area contributed by atoms with Crippen LogP contribution in [0.25, 0.3) is 0 Å². The summed E-state index contributed by atoms with van der Waals surface area (Å²) in [6.07, 6.45) is 0. The minimum absolute atomic E-state index is 0.0661. The molecule has 0 saturated carbocycles. The highest BCUT2D eigenvalue weighted by Crippen LogP contribution is 2.22. The quantitative estimate of drug-likeness (QED) is 0.732. The van der Waals surface area contributed by atoms with E-state index in [-0.39, 0.29) is 23.1 Å². The molecule has 1 amide bonds. The molecule has 0 spiro atoms. The Morgan fingerprint density at radius 1 is 1.32 bits per heavy atom. The Bertz CT molecular complexity index is 567. The van der Waals surface area contributed by atoms with Gasteiger partial charge in [-0.1, -0.05) is 12.1 Å². The number of nitrogens with one attached hydrogen (secondary N) is 2. The highest BCUT2D eigenvalue weighted by atomic mass is 32.2. The molecule has 0 radical (unpaired) electrons. The van der Waals surface area contributed by atoms with E-state index in [1.54, 1.807) is 13.8 Å². The van der Waals surface area contributed by atoms with E-state index in [1.165, 1.54) is 31.3 Å². The van der Waals surface area contributed by atoms with Crippen LogP contribution in [-0.4, -0.2) is 33.0 Å². The van der Waals surface area contributed by atoms with Crippen LogP contribution >= 0.6 is 0 Å². The number of amides is 1. The van der Waals surface area contributed by atoms with Gasteiger partial charge in [-0.25, -0.2) is 13.1 Å². The van der Waals surface area contributed by atoms with Crippen molar-refractivity contribution in [1.29, 1.82) is 0 Å². The van der Waals surface area contributed by atoms with Gasteiger partial charge in [-0.05, 0) is 26.0 Å². The first-order valence-corrected chi connectivity index (χ1v) is 7.19. The van der Waals surface area contributed by atoms with Crippen molar-refractivity contribution in [2.24, 2.45) is 5.41 Å². The maximum atomic E-state index is 12.0. The van der Waals surface area contributed by atoms with Crippen LogP contribution in [0.3, 0.4) is 0 Å². The van der Waals surface area contributed by atoms with E-state index in [0.29, 0.717) is 0 Å². The number of aromatic hydroxyl groups is 1. The van der Waals surface area contributed by atoms with E-state index in [4.69, 9.17) is 0 Å². The highest BCUT2D eigenvalue weighted by Gasteiger charge is 2.29. The maximum absolute atomic E-state index is 12.0. The molecule has 0 aromatic heterocycles. The third-order valence-corrected chi connectivity index (χ3v) is 4.15. The van der Waals surface area contributed by atoms with Crippen LogP contribution in [0.4, 0.5) is 0 Å². The Labute approximate surface area is 112 Å². The van der Waals surface area contributed by atoms with Gasteiger partial charge >= 0.3 is 0 Å². The standard InChI is InChI=1S/C12H18N2O4S/c1-12(2,11(16)13-3)8-14-19(17,18)10-7-5-4-6-9(10)15/h4-7,14-15H,8H2,1-3H3,(H,13,16). The summed E-state index contributed by atoms with van der Waals surface area (Å²) < 4.78 is 26.3. The van der Waals surface area contributed by atoms with Gasteiger partial charge < -0.3 is 10.4 Å². The predicted octanol–water partition coefficient (Wildman–Crippen LogP) is 0.443. The van der Waals surface area contributed by atoms with Crippen LogP contribution < -0.4 is 10.0 Å². The molecule has 1 rings (SSSR count). The van der Waals surface area contributed by atoms with Crippen molar-refractivity contribution in [3.63, 3.8) is 0 Å². The first kappa shape index (κ1) is 15.5. The zero-order valence-corrected chi connectivity index (χ0v) is 11.9. The van der Waals surface area contributed by atoms with Gasteiger partial charge in [0.25, 0.3) is 0 Å². The van der Waals surface area contributed by atoms with E-state index in [9.17, 15) is 18.3 Å². The molecule has 0 aliphatic heterocycles. The van der Waals surface area contributed by atoms with Gasteiger partial charge in [0.1, 0.15) is 10.6 Å². The predicted molar refractivity (Wildman–Crippen MR) is 71.1 cm³/mol. The van der Waals surface area contributed by atoms with Crippen molar-refractivity contribution in [1.82, 2.24) is 10.0 Å². The van der Waals surface area contributed by atoms with Crippen molar-refractivity contribution >= 4 is 15.9 Å². The molecule has 0 saturated heterocycles. The van der Waals surface area contributed by atoms with E-state index in [0.717, 1.165) is 0 Å². The summed E-state index contributed by atoms with van der Waals surface area (Å²) in [5.41, 5.74) is -0.883. The second-order valence-electron chi connectivity index (χ2n) is 4.76. The van der Waals surface area contributed by atoms with E-state index >= 15 is 0 Å². The number of sulfonamides is 1. The molecule has 0 unspecified atom stereocenters. The molecule has 0 bridgehead atoms. The van der Waals surface area contributed by atoms with Gasteiger partial charge in [0.2, 0.25) is 15.9 Å². The summed E-state index contributed by atoms with van der Waals surface area (Å²) in [6, 6.07) is 5.63. The van der Waals surface area contributed by atoms with Gasteiger partial charge in [-0.15, -0.1) is 0 Å².